The summed E-state index contributed by atoms with van der Waals surface area (Å²) in [7, 11) is 0. The van der Waals surface area contributed by atoms with Gasteiger partial charge in [0.25, 0.3) is 0 Å². The van der Waals surface area contributed by atoms with E-state index >= 15 is 0 Å². The first-order valence-corrected chi connectivity index (χ1v) is 4.24. The molecule has 0 bridgehead atoms. The zero-order valence-electron chi connectivity index (χ0n) is 7.67. The van der Waals surface area contributed by atoms with Crippen LogP contribution in [0.2, 0.25) is 0 Å². The molecule has 0 spiro atoms. The lowest BCUT2D eigenvalue weighted by molar-refractivity contribution is -0.120. The van der Waals surface area contributed by atoms with E-state index in [2.05, 4.69) is 5.32 Å². The van der Waals surface area contributed by atoms with Crippen LogP contribution in [0.1, 0.15) is 11.5 Å². The van der Waals surface area contributed by atoms with E-state index < -0.39 is 0 Å². The molecular weight excluding hydrogens is 168 g/mol. The molecule has 4 heteroatoms. The van der Waals surface area contributed by atoms with Crippen molar-refractivity contribution in [3.8, 4) is 0 Å². The molecule has 0 atom stereocenters. The lowest BCUT2D eigenvalue weighted by Crippen LogP contribution is -2.30. The monoisotopic (exact) mass is 182 g/mol. The maximum atomic E-state index is 11.2. The number of hydrogen-bond donors (Lipinski definition) is 2. The van der Waals surface area contributed by atoms with Crippen LogP contribution in [0, 0.1) is 6.92 Å². The van der Waals surface area contributed by atoms with E-state index in [1.54, 1.807) is 6.07 Å². The topological polar surface area (TPSA) is 68.3 Å². The smallest absolute Gasteiger partial charge is 0.227 e. The van der Waals surface area contributed by atoms with E-state index in [4.69, 9.17) is 10.2 Å². The molecule has 13 heavy (non-hydrogen) atoms. The molecule has 1 aromatic heterocycles. The van der Waals surface area contributed by atoms with Crippen LogP contribution in [0.5, 0.6) is 0 Å². The number of rotatable bonds is 4. The third-order valence-electron chi connectivity index (χ3n) is 1.60. The first-order chi connectivity index (χ1) is 6.22. The number of nitrogens with two attached hydrogens (primary N) is 1. The van der Waals surface area contributed by atoms with Crippen molar-refractivity contribution in [2.75, 3.05) is 13.1 Å². The Morgan fingerprint density at radius 1 is 1.62 bits per heavy atom. The molecule has 0 aliphatic carbocycles. The highest BCUT2D eigenvalue weighted by Crippen LogP contribution is 2.06. The maximum Gasteiger partial charge on any atom is 0.227 e. The first-order valence-electron chi connectivity index (χ1n) is 4.24. The Balaban J connectivity index is 2.36. The number of furan rings is 1. The summed E-state index contributed by atoms with van der Waals surface area (Å²) in [5.41, 5.74) is 5.24. The van der Waals surface area contributed by atoms with E-state index in [0.29, 0.717) is 18.8 Å². The van der Waals surface area contributed by atoms with Gasteiger partial charge in [0.1, 0.15) is 11.5 Å². The number of hydrogen-bond acceptors (Lipinski definition) is 3. The number of carbonyl (C=O) groups excluding carboxylic acids is 1. The van der Waals surface area contributed by atoms with Crippen LogP contribution in [0.25, 0.3) is 0 Å². The van der Waals surface area contributed by atoms with Crippen LogP contribution in [0.15, 0.2) is 16.5 Å². The molecule has 0 saturated carbocycles. The lowest BCUT2D eigenvalue weighted by Gasteiger charge is -2.00. The van der Waals surface area contributed by atoms with Gasteiger partial charge in [0.2, 0.25) is 5.91 Å². The van der Waals surface area contributed by atoms with Crippen molar-refractivity contribution in [3.05, 3.63) is 23.7 Å². The number of aryl methyl sites for hydroxylation is 1. The van der Waals surface area contributed by atoms with Gasteiger partial charge in [0, 0.05) is 13.1 Å². The molecule has 1 aromatic rings. The quantitative estimate of drug-likeness (QED) is 0.699. The highest BCUT2D eigenvalue weighted by atomic mass is 16.3. The Hall–Kier alpha value is -1.29. The summed E-state index contributed by atoms with van der Waals surface area (Å²) in [5.74, 6) is 1.45. The van der Waals surface area contributed by atoms with Gasteiger partial charge in [0.15, 0.2) is 0 Å². The van der Waals surface area contributed by atoms with Gasteiger partial charge in [0.05, 0.1) is 6.42 Å². The van der Waals surface area contributed by atoms with Gasteiger partial charge in [-0.1, -0.05) is 0 Å². The van der Waals surface area contributed by atoms with E-state index in [0.717, 1.165) is 5.76 Å². The molecule has 0 aliphatic heterocycles. The molecule has 0 fully saturated rings. The third kappa shape index (κ3) is 3.29. The van der Waals surface area contributed by atoms with Crippen LogP contribution in [0.3, 0.4) is 0 Å². The Kier molecular flexibility index (Phi) is 3.52. The summed E-state index contributed by atoms with van der Waals surface area (Å²) in [6, 6.07) is 3.64. The Bertz CT molecular complexity index is 281. The largest absolute Gasteiger partial charge is 0.466 e. The molecular formula is C9H14N2O2. The minimum Gasteiger partial charge on any atom is -0.466 e. The summed E-state index contributed by atoms with van der Waals surface area (Å²) in [4.78, 5) is 11.2. The van der Waals surface area contributed by atoms with Gasteiger partial charge in [-0.2, -0.15) is 0 Å². The van der Waals surface area contributed by atoms with Gasteiger partial charge < -0.3 is 15.5 Å². The predicted molar refractivity (Wildman–Crippen MR) is 49.2 cm³/mol. The van der Waals surface area contributed by atoms with Gasteiger partial charge in [-0.05, 0) is 19.1 Å². The molecule has 4 nitrogen and oxygen atoms in total. The van der Waals surface area contributed by atoms with E-state index in [9.17, 15) is 4.79 Å². The SMILES string of the molecule is Cc1ccc(CC(=O)NCCN)o1. The molecule has 1 amide bonds. The molecule has 0 radical (unpaired) electrons. The van der Waals surface area contributed by atoms with Crippen LogP contribution in [-0.2, 0) is 11.2 Å². The lowest BCUT2D eigenvalue weighted by atomic mass is 10.3. The molecule has 1 rings (SSSR count). The number of nitrogens with one attached hydrogen (secondary N) is 1. The third-order valence-corrected chi connectivity index (χ3v) is 1.60. The molecule has 3 N–H and O–H groups in total. The summed E-state index contributed by atoms with van der Waals surface area (Å²) in [6.07, 6.45) is 0.286. The highest BCUT2D eigenvalue weighted by Gasteiger charge is 2.04. The normalized spacial score (nSPS) is 10.0. The van der Waals surface area contributed by atoms with Crippen molar-refractivity contribution in [2.24, 2.45) is 5.73 Å². The summed E-state index contributed by atoms with van der Waals surface area (Å²) in [5, 5.41) is 2.67. The number of amides is 1. The maximum absolute atomic E-state index is 11.2. The molecule has 1 heterocycles. The average Bonchev–Trinajstić information content (AvgIpc) is 2.48. The average molecular weight is 182 g/mol. The van der Waals surface area contributed by atoms with Crippen LogP contribution < -0.4 is 11.1 Å². The van der Waals surface area contributed by atoms with Crippen molar-refractivity contribution in [3.63, 3.8) is 0 Å². The van der Waals surface area contributed by atoms with Crippen LogP contribution >= 0.6 is 0 Å². The van der Waals surface area contributed by atoms with Crippen LogP contribution in [-0.4, -0.2) is 19.0 Å². The van der Waals surface area contributed by atoms with Crippen molar-refractivity contribution in [2.45, 2.75) is 13.3 Å². The van der Waals surface area contributed by atoms with Crippen molar-refractivity contribution in [1.29, 1.82) is 0 Å². The second kappa shape index (κ2) is 4.67. The predicted octanol–water partition coefficient (Wildman–Crippen LogP) is 0.205. The van der Waals surface area contributed by atoms with Gasteiger partial charge >= 0.3 is 0 Å². The number of carbonyl (C=O) groups is 1. The fourth-order valence-corrected chi connectivity index (χ4v) is 1.01. The van der Waals surface area contributed by atoms with E-state index in [1.165, 1.54) is 0 Å². The molecule has 72 valence electrons. The molecule has 0 saturated heterocycles. The summed E-state index contributed by atoms with van der Waals surface area (Å²) >= 11 is 0. The fraction of sp³-hybridized carbons (Fsp3) is 0.444. The fourth-order valence-electron chi connectivity index (χ4n) is 1.01. The Morgan fingerprint density at radius 3 is 2.92 bits per heavy atom. The molecule has 0 aromatic carbocycles. The summed E-state index contributed by atoms with van der Waals surface area (Å²) in [6.45, 7) is 2.82. The van der Waals surface area contributed by atoms with Crippen molar-refractivity contribution in [1.82, 2.24) is 5.32 Å². The Labute approximate surface area is 77.1 Å². The first kappa shape index (κ1) is 9.80. The summed E-state index contributed by atoms with van der Waals surface area (Å²) < 4.78 is 5.24. The van der Waals surface area contributed by atoms with E-state index in [-0.39, 0.29) is 12.3 Å². The molecule has 0 unspecified atom stereocenters. The second-order valence-corrected chi connectivity index (χ2v) is 2.83. The van der Waals surface area contributed by atoms with Gasteiger partial charge in [-0.25, -0.2) is 0 Å². The van der Waals surface area contributed by atoms with Crippen LogP contribution in [0.4, 0.5) is 0 Å². The highest BCUT2D eigenvalue weighted by molar-refractivity contribution is 5.77. The minimum absolute atomic E-state index is 0.0557. The second-order valence-electron chi connectivity index (χ2n) is 2.83. The van der Waals surface area contributed by atoms with Crippen molar-refractivity contribution >= 4 is 5.91 Å². The van der Waals surface area contributed by atoms with Gasteiger partial charge in [-0.15, -0.1) is 0 Å². The zero-order chi connectivity index (χ0) is 9.68. The van der Waals surface area contributed by atoms with Gasteiger partial charge in [-0.3, -0.25) is 4.79 Å². The Morgan fingerprint density at radius 2 is 2.38 bits per heavy atom. The van der Waals surface area contributed by atoms with E-state index in [1.807, 2.05) is 13.0 Å². The standard InChI is InChI=1S/C9H14N2O2/c1-7-2-3-8(13-7)6-9(12)11-5-4-10/h2-3H,4-6,10H2,1H3,(H,11,12). The minimum atomic E-state index is -0.0557. The molecule has 0 aliphatic rings. The van der Waals surface area contributed by atoms with Crippen molar-refractivity contribution < 1.29 is 9.21 Å². The zero-order valence-corrected chi connectivity index (χ0v) is 7.67.